The van der Waals surface area contributed by atoms with Crippen molar-refractivity contribution in [2.24, 2.45) is 5.73 Å². The summed E-state index contributed by atoms with van der Waals surface area (Å²) in [5.41, 5.74) is 4.66. The van der Waals surface area contributed by atoms with Crippen LogP contribution >= 0.6 is 0 Å². The molecule has 10 heteroatoms. The normalized spacial score (nSPS) is 10.9. The number of carbonyl (C=O) groups excluding carboxylic acids is 1. The maximum absolute atomic E-state index is 13.0. The minimum absolute atomic E-state index is 0.0938. The van der Waals surface area contributed by atoms with Gasteiger partial charge in [0.2, 0.25) is 5.91 Å². The van der Waals surface area contributed by atoms with Gasteiger partial charge in [-0.15, -0.1) is 0 Å². The molecule has 0 aliphatic carbocycles. The lowest BCUT2D eigenvalue weighted by atomic mass is 10.3. The average Bonchev–Trinajstić information content (AvgIpc) is 2.59. The summed E-state index contributed by atoms with van der Waals surface area (Å²) < 4.78 is 31.7. The highest BCUT2D eigenvalue weighted by molar-refractivity contribution is 7.93. The van der Waals surface area contributed by atoms with Crippen molar-refractivity contribution in [3.63, 3.8) is 0 Å². The number of ether oxygens (including phenoxy) is 1. The summed E-state index contributed by atoms with van der Waals surface area (Å²) in [6.07, 6.45) is 0. The van der Waals surface area contributed by atoms with Crippen LogP contribution in [0.15, 0.2) is 53.4 Å². The first-order valence-electron chi connectivity index (χ1n) is 6.96. The Kier molecular flexibility index (Phi) is 5.22. The lowest BCUT2D eigenvalue weighted by Crippen LogP contribution is -2.38. The second kappa shape index (κ2) is 7.18. The van der Waals surface area contributed by atoms with Gasteiger partial charge in [-0.2, -0.15) is 0 Å². The summed E-state index contributed by atoms with van der Waals surface area (Å²) in [6.45, 7) is -0.679. The van der Waals surface area contributed by atoms with Crippen LogP contribution in [-0.4, -0.2) is 32.9 Å². The molecule has 0 fully saturated rings. The van der Waals surface area contributed by atoms with Gasteiger partial charge in [0.25, 0.3) is 15.7 Å². The number of hydrogen-bond donors (Lipinski definition) is 1. The van der Waals surface area contributed by atoms with Gasteiger partial charge in [0.05, 0.1) is 17.7 Å². The fourth-order valence-corrected chi connectivity index (χ4v) is 3.75. The first-order chi connectivity index (χ1) is 11.8. The van der Waals surface area contributed by atoms with Crippen molar-refractivity contribution in [3.8, 4) is 5.75 Å². The number of sulfonamides is 1. The van der Waals surface area contributed by atoms with Crippen LogP contribution in [0.2, 0.25) is 0 Å². The molecular weight excluding hydrogens is 350 g/mol. The van der Waals surface area contributed by atoms with Crippen molar-refractivity contribution in [1.29, 1.82) is 0 Å². The monoisotopic (exact) mass is 365 g/mol. The quantitative estimate of drug-likeness (QED) is 0.580. The number of amides is 1. The third-order valence-corrected chi connectivity index (χ3v) is 5.09. The van der Waals surface area contributed by atoms with Gasteiger partial charge in [0, 0.05) is 12.1 Å². The Bertz CT molecular complexity index is 913. The molecule has 0 aliphatic heterocycles. The van der Waals surface area contributed by atoms with E-state index in [0.29, 0.717) is 10.1 Å². The molecule has 0 aliphatic rings. The molecule has 25 heavy (non-hydrogen) atoms. The standard InChI is InChI=1S/C15H15N3O6S/c1-24-12-6-4-5-11(9-12)17(10-15(16)19)25(22,23)14-8-3-2-7-13(14)18(20)21/h2-9H,10H2,1H3,(H2,16,19). The van der Waals surface area contributed by atoms with Crippen LogP contribution in [-0.2, 0) is 14.8 Å². The van der Waals surface area contributed by atoms with E-state index in [2.05, 4.69) is 0 Å². The van der Waals surface area contributed by atoms with Gasteiger partial charge < -0.3 is 10.5 Å². The summed E-state index contributed by atoms with van der Waals surface area (Å²) >= 11 is 0. The molecule has 2 aromatic carbocycles. The Morgan fingerprint density at radius 2 is 1.92 bits per heavy atom. The van der Waals surface area contributed by atoms with Crippen molar-refractivity contribution >= 4 is 27.3 Å². The van der Waals surface area contributed by atoms with E-state index in [9.17, 15) is 23.3 Å². The van der Waals surface area contributed by atoms with Crippen LogP contribution in [0.3, 0.4) is 0 Å². The van der Waals surface area contributed by atoms with E-state index < -0.39 is 38.0 Å². The molecule has 0 saturated heterocycles. The maximum atomic E-state index is 13.0. The molecule has 2 aromatic rings. The molecule has 0 heterocycles. The van der Waals surface area contributed by atoms with Crippen LogP contribution < -0.4 is 14.8 Å². The third kappa shape index (κ3) is 3.86. The van der Waals surface area contributed by atoms with Gasteiger partial charge in [-0.1, -0.05) is 18.2 Å². The fraction of sp³-hybridized carbons (Fsp3) is 0.133. The van der Waals surface area contributed by atoms with E-state index in [0.717, 1.165) is 12.1 Å². The van der Waals surface area contributed by atoms with Gasteiger partial charge in [0.1, 0.15) is 12.3 Å². The molecule has 132 valence electrons. The number of hydrogen-bond acceptors (Lipinski definition) is 6. The first kappa shape index (κ1) is 18.2. The number of nitrogens with zero attached hydrogens (tertiary/aromatic N) is 2. The van der Waals surface area contributed by atoms with Crippen molar-refractivity contribution in [1.82, 2.24) is 0 Å². The molecule has 2 N–H and O–H groups in total. The zero-order valence-electron chi connectivity index (χ0n) is 13.2. The minimum Gasteiger partial charge on any atom is -0.497 e. The van der Waals surface area contributed by atoms with Gasteiger partial charge >= 0.3 is 0 Å². The molecule has 0 aromatic heterocycles. The maximum Gasteiger partial charge on any atom is 0.289 e. The van der Waals surface area contributed by atoms with E-state index in [1.165, 1.54) is 37.4 Å². The number of carbonyl (C=O) groups is 1. The van der Waals surface area contributed by atoms with Crippen LogP contribution in [0, 0.1) is 10.1 Å². The number of nitro benzene ring substituents is 1. The van der Waals surface area contributed by atoms with Crippen LogP contribution in [0.5, 0.6) is 5.75 Å². The van der Waals surface area contributed by atoms with Crippen molar-refractivity contribution in [3.05, 3.63) is 58.6 Å². The first-order valence-corrected chi connectivity index (χ1v) is 8.40. The van der Waals surface area contributed by atoms with E-state index in [-0.39, 0.29) is 5.69 Å². The van der Waals surface area contributed by atoms with E-state index >= 15 is 0 Å². The molecule has 0 radical (unpaired) electrons. The predicted octanol–water partition coefficient (Wildman–Crippen LogP) is 1.28. The Morgan fingerprint density at radius 1 is 1.24 bits per heavy atom. The Hall–Kier alpha value is -3.14. The third-order valence-electron chi connectivity index (χ3n) is 3.27. The number of nitrogens with two attached hydrogens (primary N) is 1. The van der Waals surface area contributed by atoms with Crippen LogP contribution in [0.4, 0.5) is 11.4 Å². The number of benzene rings is 2. The zero-order chi connectivity index (χ0) is 18.6. The summed E-state index contributed by atoms with van der Waals surface area (Å²) in [6, 6.07) is 10.8. The Balaban J connectivity index is 2.65. The SMILES string of the molecule is COc1cccc(N(CC(N)=O)S(=O)(=O)c2ccccc2[N+](=O)[O-])c1. The highest BCUT2D eigenvalue weighted by Gasteiger charge is 2.32. The molecule has 0 atom stereocenters. The van der Waals surface area contributed by atoms with Gasteiger partial charge in [-0.3, -0.25) is 19.2 Å². The van der Waals surface area contributed by atoms with Gasteiger partial charge in [0.15, 0.2) is 4.90 Å². The zero-order valence-corrected chi connectivity index (χ0v) is 14.0. The number of primary amides is 1. The highest BCUT2D eigenvalue weighted by atomic mass is 32.2. The minimum atomic E-state index is -4.41. The van der Waals surface area contributed by atoms with Crippen molar-refractivity contribution in [2.75, 3.05) is 18.0 Å². The summed E-state index contributed by atoms with van der Waals surface area (Å²) in [7, 11) is -3.02. The Morgan fingerprint density at radius 3 is 2.52 bits per heavy atom. The number of para-hydroxylation sites is 1. The fourth-order valence-electron chi connectivity index (χ4n) is 2.17. The average molecular weight is 365 g/mol. The predicted molar refractivity (Wildman–Crippen MR) is 89.8 cm³/mol. The van der Waals surface area contributed by atoms with Crippen LogP contribution in [0.1, 0.15) is 0 Å². The lowest BCUT2D eigenvalue weighted by molar-refractivity contribution is -0.387. The van der Waals surface area contributed by atoms with Gasteiger partial charge in [-0.25, -0.2) is 8.42 Å². The number of nitro groups is 1. The topological polar surface area (TPSA) is 133 Å². The molecule has 0 unspecified atom stereocenters. The number of rotatable bonds is 7. The molecular formula is C15H15N3O6S. The largest absolute Gasteiger partial charge is 0.497 e. The van der Waals surface area contributed by atoms with E-state index in [1.807, 2.05) is 0 Å². The summed E-state index contributed by atoms with van der Waals surface area (Å²) in [4.78, 5) is 21.2. The highest BCUT2D eigenvalue weighted by Crippen LogP contribution is 2.31. The number of anilines is 1. The van der Waals surface area contributed by atoms with E-state index in [4.69, 9.17) is 10.5 Å². The number of methoxy groups -OCH3 is 1. The molecule has 9 nitrogen and oxygen atoms in total. The second-order valence-corrected chi connectivity index (χ2v) is 6.74. The van der Waals surface area contributed by atoms with Crippen LogP contribution in [0.25, 0.3) is 0 Å². The lowest BCUT2D eigenvalue weighted by Gasteiger charge is -2.23. The van der Waals surface area contributed by atoms with Crippen molar-refractivity contribution in [2.45, 2.75) is 4.90 Å². The molecule has 2 rings (SSSR count). The smallest absolute Gasteiger partial charge is 0.289 e. The molecule has 0 bridgehead atoms. The molecule has 0 spiro atoms. The van der Waals surface area contributed by atoms with E-state index in [1.54, 1.807) is 6.07 Å². The molecule has 1 amide bonds. The van der Waals surface area contributed by atoms with Gasteiger partial charge in [-0.05, 0) is 18.2 Å². The van der Waals surface area contributed by atoms with Crippen molar-refractivity contribution < 1.29 is 22.9 Å². The summed E-state index contributed by atoms with van der Waals surface area (Å²) in [5, 5.41) is 11.2. The Labute approximate surface area is 143 Å². The molecule has 0 saturated carbocycles. The summed E-state index contributed by atoms with van der Waals surface area (Å²) in [5.74, 6) is -0.560. The second-order valence-electron chi connectivity index (χ2n) is 4.90.